The van der Waals surface area contributed by atoms with E-state index < -0.39 is 0 Å². The van der Waals surface area contributed by atoms with E-state index in [1.807, 2.05) is 53.2 Å². The Labute approximate surface area is 178 Å². The van der Waals surface area contributed by atoms with Gasteiger partial charge in [0.15, 0.2) is 5.69 Å². The van der Waals surface area contributed by atoms with Crippen molar-refractivity contribution >= 4 is 5.97 Å². The van der Waals surface area contributed by atoms with Gasteiger partial charge in [0.2, 0.25) is 5.82 Å². The van der Waals surface area contributed by atoms with Crippen LogP contribution in [0.5, 0.6) is 5.75 Å². The molecule has 0 unspecified atom stereocenters. The number of esters is 1. The van der Waals surface area contributed by atoms with E-state index in [4.69, 9.17) is 14.0 Å². The average Bonchev–Trinajstić information content (AvgIpc) is 3.48. The first-order valence-electron chi connectivity index (χ1n) is 10.0. The molecule has 2 aromatic heterocycles. The lowest BCUT2D eigenvalue weighted by atomic mass is 10.1. The summed E-state index contributed by atoms with van der Waals surface area (Å²) in [6.45, 7) is 0.744. The molecule has 1 atom stereocenters. The molecule has 3 heterocycles. The van der Waals surface area contributed by atoms with Crippen molar-refractivity contribution in [3.05, 3.63) is 71.9 Å². The maximum Gasteiger partial charge on any atom is 0.338 e. The Morgan fingerprint density at radius 1 is 1.13 bits per heavy atom. The molecule has 0 bridgehead atoms. The van der Waals surface area contributed by atoms with Crippen LogP contribution in [0.3, 0.4) is 0 Å². The first-order chi connectivity index (χ1) is 15.2. The standard InChI is InChI=1S/C23H20N4O4/c1-29-17-11-9-15(10-12-17)21-24-22(31-26-21)18-14-19-20(8-5-13-27(19)25-18)30-23(28)16-6-3-2-4-7-16/h2-4,6-7,9-12,14,20H,5,8,13H2,1H3/t20-/m1/s1. The van der Waals surface area contributed by atoms with Crippen molar-refractivity contribution in [2.24, 2.45) is 0 Å². The van der Waals surface area contributed by atoms with Crippen molar-refractivity contribution in [3.8, 4) is 28.7 Å². The molecule has 1 aliphatic rings. The highest BCUT2D eigenvalue weighted by Gasteiger charge is 2.28. The highest BCUT2D eigenvalue weighted by atomic mass is 16.5. The lowest BCUT2D eigenvalue weighted by Crippen LogP contribution is -2.20. The summed E-state index contributed by atoms with van der Waals surface area (Å²) in [5.74, 6) is 1.20. The number of nitrogens with zero attached hydrogens (tertiary/aromatic N) is 4. The zero-order valence-corrected chi connectivity index (χ0v) is 16.9. The van der Waals surface area contributed by atoms with Gasteiger partial charge in [0, 0.05) is 12.1 Å². The van der Waals surface area contributed by atoms with Gasteiger partial charge >= 0.3 is 5.97 Å². The lowest BCUT2D eigenvalue weighted by molar-refractivity contribution is 0.0214. The van der Waals surface area contributed by atoms with Crippen molar-refractivity contribution in [3.63, 3.8) is 0 Å². The van der Waals surface area contributed by atoms with Gasteiger partial charge in [0.05, 0.1) is 18.4 Å². The molecule has 4 aromatic rings. The second kappa shape index (κ2) is 8.06. The molecule has 0 saturated heterocycles. The number of hydrogen-bond acceptors (Lipinski definition) is 7. The minimum atomic E-state index is -0.369. The van der Waals surface area contributed by atoms with Crippen LogP contribution < -0.4 is 4.74 Å². The lowest BCUT2D eigenvalue weighted by Gasteiger charge is -2.23. The van der Waals surface area contributed by atoms with Crippen molar-refractivity contribution in [1.29, 1.82) is 0 Å². The SMILES string of the molecule is COc1ccc(-c2noc(-c3cc4n(n3)CCC[C@H]4OC(=O)c3ccccc3)n2)cc1. The van der Waals surface area contributed by atoms with Crippen LogP contribution >= 0.6 is 0 Å². The van der Waals surface area contributed by atoms with Gasteiger partial charge in [-0.1, -0.05) is 23.4 Å². The topological polar surface area (TPSA) is 92.3 Å². The number of benzene rings is 2. The Hall–Kier alpha value is -3.94. The monoisotopic (exact) mass is 416 g/mol. The van der Waals surface area contributed by atoms with Gasteiger partial charge in [-0.3, -0.25) is 4.68 Å². The Kier molecular flexibility index (Phi) is 4.95. The van der Waals surface area contributed by atoms with E-state index in [1.54, 1.807) is 19.2 Å². The molecule has 0 aliphatic carbocycles. The second-order valence-electron chi connectivity index (χ2n) is 7.23. The quantitative estimate of drug-likeness (QED) is 0.448. The van der Waals surface area contributed by atoms with Gasteiger partial charge in [-0.2, -0.15) is 10.1 Å². The number of fused-ring (bicyclic) bond motifs is 1. The first-order valence-corrected chi connectivity index (χ1v) is 10.0. The number of hydrogen-bond donors (Lipinski definition) is 0. The van der Waals surface area contributed by atoms with E-state index in [0.717, 1.165) is 36.4 Å². The summed E-state index contributed by atoms with van der Waals surface area (Å²) in [5, 5.41) is 8.66. The van der Waals surface area contributed by atoms with E-state index >= 15 is 0 Å². The number of aryl methyl sites for hydroxylation is 1. The fourth-order valence-electron chi connectivity index (χ4n) is 3.62. The van der Waals surface area contributed by atoms with Crippen LogP contribution in [-0.2, 0) is 11.3 Å². The average molecular weight is 416 g/mol. The van der Waals surface area contributed by atoms with Crippen LogP contribution in [-0.4, -0.2) is 33.0 Å². The highest BCUT2D eigenvalue weighted by molar-refractivity contribution is 5.89. The summed E-state index contributed by atoms with van der Waals surface area (Å²) in [7, 11) is 1.62. The molecule has 2 aromatic carbocycles. The predicted octanol–water partition coefficient (Wildman–Crippen LogP) is 4.30. The predicted molar refractivity (Wildman–Crippen MR) is 111 cm³/mol. The van der Waals surface area contributed by atoms with Gasteiger partial charge in [0.1, 0.15) is 11.9 Å². The molecule has 31 heavy (non-hydrogen) atoms. The van der Waals surface area contributed by atoms with E-state index in [1.165, 1.54) is 0 Å². The van der Waals surface area contributed by atoms with Crippen molar-refractivity contribution < 1.29 is 18.8 Å². The molecule has 156 valence electrons. The highest BCUT2D eigenvalue weighted by Crippen LogP contribution is 2.32. The molecule has 8 nitrogen and oxygen atoms in total. The fourth-order valence-corrected chi connectivity index (χ4v) is 3.62. The van der Waals surface area contributed by atoms with Gasteiger partial charge in [0.25, 0.3) is 5.89 Å². The normalized spacial score (nSPS) is 15.3. The zero-order chi connectivity index (χ0) is 21.2. The molecular formula is C23H20N4O4. The molecule has 8 heteroatoms. The Morgan fingerprint density at radius 3 is 2.71 bits per heavy atom. The summed E-state index contributed by atoms with van der Waals surface area (Å²) in [6.07, 6.45) is 1.23. The molecule has 0 spiro atoms. The minimum Gasteiger partial charge on any atom is -0.497 e. The fraction of sp³-hybridized carbons (Fsp3) is 0.217. The maximum absolute atomic E-state index is 12.5. The van der Waals surface area contributed by atoms with Crippen LogP contribution in [0.15, 0.2) is 65.2 Å². The number of methoxy groups -OCH3 is 1. The molecule has 0 saturated carbocycles. The maximum atomic E-state index is 12.5. The number of ether oxygens (including phenoxy) is 2. The molecule has 0 fully saturated rings. The van der Waals surface area contributed by atoms with Gasteiger partial charge < -0.3 is 14.0 Å². The summed E-state index contributed by atoms with van der Waals surface area (Å²) < 4.78 is 18.2. The molecule has 0 N–H and O–H groups in total. The van der Waals surface area contributed by atoms with Crippen LogP contribution in [0.1, 0.15) is 35.0 Å². The van der Waals surface area contributed by atoms with Crippen LogP contribution in [0, 0.1) is 0 Å². The Bertz CT molecular complexity index is 1200. The van der Waals surface area contributed by atoms with Gasteiger partial charge in [-0.05, 0) is 55.3 Å². The molecule has 0 amide bonds. The summed E-state index contributed by atoms with van der Waals surface area (Å²) >= 11 is 0. The summed E-state index contributed by atoms with van der Waals surface area (Å²) in [4.78, 5) is 17.0. The van der Waals surface area contributed by atoms with Crippen LogP contribution in [0.2, 0.25) is 0 Å². The van der Waals surface area contributed by atoms with Crippen molar-refractivity contribution in [1.82, 2.24) is 19.9 Å². The Morgan fingerprint density at radius 2 is 1.94 bits per heavy atom. The van der Waals surface area contributed by atoms with E-state index in [2.05, 4.69) is 15.2 Å². The number of carbonyl (C=O) groups excluding carboxylic acids is 1. The number of carbonyl (C=O) groups is 1. The number of aromatic nitrogens is 4. The van der Waals surface area contributed by atoms with E-state index in [9.17, 15) is 4.79 Å². The third-order valence-electron chi connectivity index (χ3n) is 5.23. The third-order valence-corrected chi connectivity index (χ3v) is 5.23. The van der Waals surface area contributed by atoms with Crippen LogP contribution in [0.25, 0.3) is 23.0 Å². The van der Waals surface area contributed by atoms with Gasteiger partial charge in [-0.15, -0.1) is 0 Å². The van der Waals surface area contributed by atoms with Crippen molar-refractivity contribution in [2.45, 2.75) is 25.5 Å². The second-order valence-corrected chi connectivity index (χ2v) is 7.23. The van der Waals surface area contributed by atoms with Gasteiger partial charge in [-0.25, -0.2) is 4.79 Å². The van der Waals surface area contributed by atoms with E-state index in [0.29, 0.717) is 23.0 Å². The molecular weight excluding hydrogens is 396 g/mol. The first kappa shape index (κ1) is 19.0. The number of rotatable bonds is 5. The summed E-state index contributed by atoms with van der Waals surface area (Å²) in [6, 6.07) is 18.2. The van der Waals surface area contributed by atoms with Crippen molar-refractivity contribution in [2.75, 3.05) is 7.11 Å². The van der Waals surface area contributed by atoms with Crippen LogP contribution in [0.4, 0.5) is 0 Å². The zero-order valence-electron chi connectivity index (χ0n) is 16.9. The minimum absolute atomic E-state index is 0.320. The Balaban J connectivity index is 1.38. The molecule has 1 aliphatic heterocycles. The third kappa shape index (κ3) is 3.79. The molecule has 0 radical (unpaired) electrons. The smallest absolute Gasteiger partial charge is 0.338 e. The largest absolute Gasteiger partial charge is 0.497 e. The van der Waals surface area contributed by atoms with E-state index in [-0.39, 0.29) is 12.1 Å². The molecule has 5 rings (SSSR count). The summed E-state index contributed by atoms with van der Waals surface area (Å²) in [5.41, 5.74) is 2.73.